The van der Waals surface area contributed by atoms with Gasteiger partial charge < -0.3 is 9.32 Å². The Balaban J connectivity index is 1.61. The summed E-state index contributed by atoms with van der Waals surface area (Å²) >= 11 is 0. The molecule has 5 rings (SSSR count). The van der Waals surface area contributed by atoms with Crippen molar-refractivity contribution in [1.82, 2.24) is 9.88 Å². The number of ketones is 1. The van der Waals surface area contributed by atoms with Gasteiger partial charge in [-0.1, -0.05) is 18.2 Å². The summed E-state index contributed by atoms with van der Waals surface area (Å²) in [6.45, 7) is 2.18. The smallest absolute Gasteiger partial charge is 0.163 e. The maximum atomic E-state index is 12.0. The molecule has 1 aromatic carbocycles. The molecule has 1 aliphatic carbocycles. The Morgan fingerprint density at radius 2 is 1.89 bits per heavy atom. The number of pyridine rings is 1. The molecule has 4 nitrogen and oxygen atoms in total. The molecule has 0 N–H and O–H groups in total. The van der Waals surface area contributed by atoms with Crippen molar-refractivity contribution in [1.29, 1.82) is 0 Å². The molecular formula is C24H24N2O2. The fraction of sp³-hybridized carbons (Fsp3) is 0.333. The average molecular weight is 372 g/mol. The normalized spacial score (nSPS) is 19.8. The van der Waals surface area contributed by atoms with Crippen LogP contribution in [0.15, 0.2) is 53.2 Å². The van der Waals surface area contributed by atoms with E-state index in [1.165, 1.54) is 6.42 Å². The highest BCUT2D eigenvalue weighted by atomic mass is 16.3. The van der Waals surface area contributed by atoms with Gasteiger partial charge in [0.2, 0.25) is 0 Å². The number of carbonyl (C=O) groups excluding carboxylic acids is 1. The highest BCUT2D eigenvalue weighted by molar-refractivity contribution is 6.01. The summed E-state index contributed by atoms with van der Waals surface area (Å²) in [7, 11) is 2.18. The number of aromatic nitrogens is 1. The minimum absolute atomic E-state index is 0.258. The van der Waals surface area contributed by atoms with E-state index in [0.717, 1.165) is 65.3 Å². The molecule has 2 aromatic heterocycles. The van der Waals surface area contributed by atoms with Gasteiger partial charge in [-0.25, -0.2) is 0 Å². The largest absolute Gasteiger partial charge is 0.460 e. The first kappa shape index (κ1) is 17.4. The molecule has 1 fully saturated rings. The molecule has 0 saturated carbocycles. The predicted molar refractivity (Wildman–Crippen MR) is 109 cm³/mol. The number of benzene rings is 1. The summed E-state index contributed by atoms with van der Waals surface area (Å²) in [5.41, 5.74) is 5.31. The van der Waals surface area contributed by atoms with Crippen molar-refractivity contribution < 1.29 is 9.21 Å². The van der Waals surface area contributed by atoms with Crippen LogP contribution >= 0.6 is 0 Å². The Kier molecular flexibility index (Phi) is 4.36. The maximum Gasteiger partial charge on any atom is 0.163 e. The molecule has 3 heterocycles. The number of fused-ring (bicyclic) bond motifs is 1. The fourth-order valence-electron chi connectivity index (χ4n) is 4.57. The number of nitrogens with zero attached hydrogens (tertiary/aromatic N) is 2. The number of aryl methyl sites for hydroxylation is 1. The molecule has 2 aliphatic rings. The molecule has 1 atom stereocenters. The second-order valence-electron chi connectivity index (χ2n) is 8.02. The first-order chi connectivity index (χ1) is 13.7. The number of piperidine rings is 1. The number of likely N-dealkylation sites (N-methyl/N-ethyl adjacent to an activating group) is 1. The van der Waals surface area contributed by atoms with Crippen LogP contribution in [-0.4, -0.2) is 35.8 Å². The number of likely N-dealkylation sites (tertiary alicyclic amines) is 1. The van der Waals surface area contributed by atoms with Gasteiger partial charge in [-0.05, 0) is 62.2 Å². The second-order valence-corrected chi connectivity index (χ2v) is 8.02. The van der Waals surface area contributed by atoms with Crippen molar-refractivity contribution in [2.45, 2.75) is 31.6 Å². The summed E-state index contributed by atoms with van der Waals surface area (Å²) < 4.78 is 6.46. The van der Waals surface area contributed by atoms with Crippen LogP contribution < -0.4 is 0 Å². The Hall–Kier alpha value is -2.72. The van der Waals surface area contributed by atoms with Crippen molar-refractivity contribution >= 4 is 5.78 Å². The van der Waals surface area contributed by atoms with E-state index >= 15 is 0 Å². The lowest BCUT2D eigenvalue weighted by Gasteiger charge is -2.28. The lowest BCUT2D eigenvalue weighted by Crippen LogP contribution is -2.30. The second kappa shape index (κ2) is 7.02. The molecule has 1 aliphatic heterocycles. The Bertz CT molecular complexity index is 1020. The Morgan fingerprint density at radius 1 is 1.04 bits per heavy atom. The highest BCUT2D eigenvalue weighted by Gasteiger charge is 2.26. The van der Waals surface area contributed by atoms with E-state index in [4.69, 9.17) is 4.42 Å². The Morgan fingerprint density at radius 3 is 2.71 bits per heavy atom. The minimum Gasteiger partial charge on any atom is -0.460 e. The van der Waals surface area contributed by atoms with Crippen LogP contribution in [0.25, 0.3) is 22.5 Å². The van der Waals surface area contributed by atoms with Crippen molar-refractivity contribution in [3.05, 3.63) is 65.7 Å². The van der Waals surface area contributed by atoms with Crippen LogP contribution in [0.5, 0.6) is 0 Å². The van der Waals surface area contributed by atoms with Crippen molar-refractivity contribution in [2.24, 2.45) is 0 Å². The zero-order valence-electron chi connectivity index (χ0n) is 16.1. The van der Waals surface area contributed by atoms with Crippen LogP contribution in [0.2, 0.25) is 0 Å². The molecule has 3 aromatic rings. The quantitative estimate of drug-likeness (QED) is 0.653. The van der Waals surface area contributed by atoms with Crippen LogP contribution in [0.4, 0.5) is 0 Å². The maximum absolute atomic E-state index is 12.0. The predicted octanol–water partition coefficient (Wildman–Crippen LogP) is 4.95. The topological polar surface area (TPSA) is 46.3 Å². The molecule has 142 valence electrons. The highest BCUT2D eigenvalue weighted by Crippen LogP contribution is 2.40. The summed E-state index contributed by atoms with van der Waals surface area (Å²) in [5, 5.41) is 0. The van der Waals surface area contributed by atoms with E-state index in [1.54, 1.807) is 12.4 Å². The molecule has 0 radical (unpaired) electrons. The van der Waals surface area contributed by atoms with E-state index < -0.39 is 0 Å². The summed E-state index contributed by atoms with van der Waals surface area (Å²) in [5.74, 6) is 2.64. The van der Waals surface area contributed by atoms with Gasteiger partial charge in [0.15, 0.2) is 5.78 Å². The number of rotatable bonds is 3. The SMILES string of the molecule is CN1CCCC(c2cc(-c3ccc4c(c3)CCC4=O)c(-c3ccncc3)o2)C1. The van der Waals surface area contributed by atoms with E-state index in [2.05, 4.69) is 35.1 Å². The van der Waals surface area contributed by atoms with Crippen LogP contribution in [0.1, 0.15) is 46.9 Å². The first-order valence-electron chi connectivity index (χ1n) is 10.1. The number of Topliss-reactive ketones (excluding diaryl/α,β-unsaturated/α-hetero) is 1. The van der Waals surface area contributed by atoms with E-state index in [-0.39, 0.29) is 5.78 Å². The van der Waals surface area contributed by atoms with E-state index in [1.807, 2.05) is 18.2 Å². The van der Waals surface area contributed by atoms with Crippen LogP contribution in [0.3, 0.4) is 0 Å². The van der Waals surface area contributed by atoms with Gasteiger partial charge >= 0.3 is 0 Å². The van der Waals surface area contributed by atoms with E-state index in [0.29, 0.717) is 12.3 Å². The van der Waals surface area contributed by atoms with Gasteiger partial charge in [0, 0.05) is 48.0 Å². The third-order valence-electron chi connectivity index (χ3n) is 6.06. The fourth-order valence-corrected chi connectivity index (χ4v) is 4.57. The zero-order valence-corrected chi connectivity index (χ0v) is 16.1. The lowest BCUT2D eigenvalue weighted by molar-refractivity contribution is 0.0994. The molecular weight excluding hydrogens is 348 g/mol. The molecule has 1 saturated heterocycles. The number of hydrogen-bond acceptors (Lipinski definition) is 4. The minimum atomic E-state index is 0.258. The van der Waals surface area contributed by atoms with Crippen molar-refractivity contribution in [2.75, 3.05) is 20.1 Å². The van der Waals surface area contributed by atoms with E-state index in [9.17, 15) is 4.79 Å². The monoisotopic (exact) mass is 372 g/mol. The Labute approximate surface area is 165 Å². The molecule has 4 heteroatoms. The van der Waals surface area contributed by atoms with Gasteiger partial charge in [0.05, 0.1) is 0 Å². The van der Waals surface area contributed by atoms with Crippen molar-refractivity contribution in [3.63, 3.8) is 0 Å². The molecule has 1 unspecified atom stereocenters. The van der Waals surface area contributed by atoms with Crippen LogP contribution in [0, 0.1) is 0 Å². The number of furan rings is 1. The van der Waals surface area contributed by atoms with Gasteiger partial charge in [-0.15, -0.1) is 0 Å². The zero-order chi connectivity index (χ0) is 19.1. The molecule has 0 amide bonds. The van der Waals surface area contributed by atoms with Crippen molar-refractivity contribution in [3.8, 4) is 22.5 Å². The van der Waals surface area contributed by atoms with Gasteiger partial charge in [-0.2, -0.15) is 0 Å². The number of hydrogen-bond donors (Lipinski definition) is 0. The average Bonchev–Trinajstić information content (AvgIpc) is 3.33. The molecule has 0 bridgehead atoms. The van der Waals surface area contributed by atoms with Gasteiger partial charge in [0.25, 0.3) is 0 Å². The van der Waals surface area contributed by atoms with Gasteiger partial charge in [-0.3, -0.25) is 9.78 Å². The van der Waals surface area contributed by atoms with Crippen LogP contribution in [-0.2, 0) is 6.42 Å². The molecule has 0 spiro atoms. The number of carbonyl (C=O) groups is 1. The molecule has 28 heavy (non-hydrogen) atoms. The first-order valence-corrected chi connectivity index (χ1v) is 10.1. The van der Waals surface area contributed by atoms with Gasteiger partial charge in [0.1, 0.15) is 11.5 Å². The summed E-state index contributed by atoms with van der Waals surface area (Å²) in [6.07, 6.45) is 7.42. The standard InChI is InChI=1S/C24H24N2O2/c1-26-12-2-3-19(15-26)23-14-21(24(28-23)16-8-10-25-11-9-16)18-4-6-20-17(13-18)5-7-22(20)27/h4,6,8-11,13-14,19H,2-3,5,7,12,15H2,1H3. The summed E-state index contributed by atoms with van der Waals surface area (Å²) in [6, 6.07) is 12.4. The lowest BCUT2D eigenvalue weighted by atomic mass is 9.94. The summed E-state index contributed by atoms with van der Waals surface area (Å²) in [4.78, 5) is 18.5. The third-order valence-corrected chi connectivity index (χ3v) is 6.06. The third kappa shape index (κ3) is 3.08.